The van der Waals surface area contributed by atoms with E-state index in [1.54, 1.807) is 18.2 Å². The van der Waals surface area contributed by atoms with Crippen molar-refractivity contribution in [2.45, 2.75) is 6.42 Å². The quantitative estimate of drug-likeness (QED) is 0.768. The molecule has 0 atom stereocenters. The molecule has 0 spiro atoms. The molecule has 0 unspecified atom stereocenters. The van der Waals surface area contributed by atoms with Gasteiger partial charge in [0.15, 0.2) is 5.76 Å². The third kappa shape index (κ3) is 3.35. The number of hydrogen-bond donors (Lipinski definition) is 2. The fourth-order valence-electron chi connectivity index (χ4n) is 2.28. The van der Waals surface area contributed by atoms with Crippen LogP contribution in [-0.2, 0) is 6.42 Å². The predicted octanol–water partition coefficient (Wildman–Crippen LogP) is 3.83. The molecule has 4 heteroatoms. The topological polar surface area (TPSA) is 62.5 Å². The standard InChI is InChI=1S/C18H15NO3/c20-16-11-14(9-13-5-2-1-3-6-13)10-15(12-16)19-18(21)17-7-4-8-22-17/h1-8,10-12,20H,9H2,(H,19,21). The van der Waals surface area contributed by atoms with E-state index in [0.29, 0.717) is 12.1 Å². The van der Waals surface area contributed by atoms with Crippen molar-refractivity contribution in [3.63, 3.8) is 0 Å². The van der Waals surface area contributed by atoms with Crippen LogP contribution < -0.4 is 5.32 Å². The highest BCUT2D eigenvalue weighted by atomic mass is 16.3. The van der Waals surface area contributed by atoms with Crippen LogP contribution >= 0.6 is 0 Å². The molecule has 3 rings (SSSR count). The number of nitrogens with one attached hydrogen (secondary N) is 1. The molecule has 1 amide bonds. The molecule has 3 aromatic rings. The average Bonchev–Trinajstić information content (AvgIpc) is 3.02. The first-order valence-corrected chi connectivity index (χ1v) is 6.92. The van der Waals surface area contributed by atoms with E-state index in [2.05, 4.69) is 5.32 Å². The Morgan fingerprint density at radius 2 is 1.82 bits per heavy atom. The van der Waals surface area contributed by atoms with Crippen LogP contribution in [0.15, 0.2) is 71.3 Å². The number of rotatable bonds is 4. The number of amides is 1. The van der Waals surface area contributed by atoms with Crippen molar-refractivity contribution in [1.29, 1.82) is 0 Å². The maximum atomic E-state index is 12.0. The van der Waals surface area contributed by atoms with Gasteiger partial charge in [-0.1, -0.05) is 30.3 Å². The summed E-state index contributed by atoms with van der Waals surface area (Å²) in [6, 6.07) is 18.2. The lowest BCUT2D eigenvalue weighted by molar-refractivity contribution is 0.0996. The molecule has 0 saturated heterocycles. The number of carbonyl (C=O) groups is 1. The highest BCUT2D eigenvalue weighted by molar-refractivity contribution is 6.02. The van der Waals surface area contributed by atoms with Gasteiger partial charge in [-0.2, -0.15) is 0 Å². The monoisotopic (exact) mass is 293 g/mol. The third-order valence-corrected chi connectivity index (χ3v) is 3.23. The van der Waals surface area contributed by atoms with Gasteiger partial charge in [-0.05, 0) is 41.8 Å². The Kier molecular flexibility index (Phi) is 3.92. The number of benzene rings is 2. The van der Waals surface area contributed by atoms with E-state index >= 15 is 0 Å². The second-order valence-electron chi connectivity index (χ2n) is 4.98. The summed E-state index contributed by atoms with van der Waals surface area (Å²) in [7, 11) is 0. The normalized spacial score (nSPS) is 10.4. The van der Waals surface area contributed by atoms with Crippen LogP contribution in [0, 0.1) is 0 Å². The summed E-state index contributed by atoms with van der Waals surface area (Å²) in [4.78, 5) is 12.0. The first-order valence-electron chi connectivity index (χ1n) is 6.92. The van der Waals surface area contributed by atoms with Crippen LogP contribution in [0.1, 0.15) is 21.7 Å². The smallest absolute Gasteiger partial charge is 0.291 e. The molecule has 4 nitrogen and oxygen atoms in total. The Hall–Kier alpha value is -3.01. The minimum absolute atomic E-state index is 0.114. The zero-order valence-corrected chi connectivity index (χ0v) is 11.8. The van der Waals surface area contributed by atoms with E-state index in [1.807, 2.05) is 36.4 Å². The lowest BCUT2D eigenvalue weighted by atomic mass is 10.0. The predicted molar refractivity (Wildman–Crippen MR) is 84.0 cm³/mol. The minimum Gasteiger partial charge on any atom is -0.508 e. The molecule has 0 bridgehead atoms. The number of phenols is 1. The van der Waals surface area contributed by atoms with E-state index in [0.717, 1.165) is 11.1 Å². The molecule has 2 N–H and O–H groups in total. The third-order valence-electron chi connectivity index (χ3n) is 3.23. The summed E-state index contributed by atoms with van der Waals surface area (Å²) in [5.74, 6) is -0.00242. The van der Waals surface area contributed by atoms with Gasteiger partial charge in [0.25, 0.3) is 5.91 Å². The van der Waals surface area contributed by atoms with Gasteiger partial charge in [0, 0.05) is 11.8 Å². The molecule has 0 aliphatic rings. The first kappa shape index (κ1) is 13.9. The number of aromatic hydroxyl groups is 1. The molecule has 0 radical (unpaired) electrons. The van der Waals surface area contributed by atoms with Gasteiger partial charge in [0.2, 0.25) is 0 Å². The van der Waals surface area contributed by atoms with Gasteiger partial charge < -0.3 is 14.8 Å². The highest BCUT2D eigenvalue weighted by Crippen LogP contribution is 2.22. The van der Waals surface area contributed by atoms with Crippen LogP contribution in [0.5, 0.6) is 5.75 Å². The van der Waals surface area contributed by atoms with Gasteiger partial charge in [-0.25, -0.2) is 0 Å². The average molecular weight is 293 g/mol. The van der Waals surface area contributed by atoms with Crippen molar-refractivity contribution in [3.8, 4) is 5.75 Å². The molecule has 1 heterocycles. The number of hydrogen-bond acceptors (Lipinski definition) is 3. The maximum absolute atomic E-state index is 12.0. The summed E-state index contributed by atoms with van der Waals surface area (Å²) >= 11 is 0. The number of furan rings is 1. The first-order chi connectivity index (χ1) is 10.7. The molecule has 0 fully saturated rings. The maximum Gasteiger partial charge on any atom is 0.291 e. The zero-order chi connectivity index (χ0) is 15.4. The van der Waals surface area contributed by atoms with Crippen molar-refractivity contribution in [1.82, 2.24) is 0 Å². The fraction of sp³-hybridized carbons (Fsp3) is 0.0556. The lowest BCUT2D eigenvalue weighted by Gasteiger charge is -2.08. The summed E-state index contributed by atoms with van der Waals surface area (Å²) in [5, 5.41) is 12.6. The van der Waals surface area contributed by atoms with Crippen molar-refractivity contribution >= 4 is 11.6 Å². The number of anilines is 1. The molecule has 110 valence electrons. The van der Waals surface area contributed by atoms with E-state index < -0.39 is 0 Å². The fourth-order valence-corrected chi connectivity index (χ4v) is 2.28. The van der Waals surface area contributed by atoms with Gasteiger partial charge in [-0.15, -0.1) is 0 Å². The summed E-state index contributed by atoms with van der Waals surface area (Å²) < 4.78 is 5.05. The minimum atomic E-state index is -0.346. The van der Waals surface area contributed by atoms with Crippen LogP contribution in [-0.4, -0.2) is 11.0 Å². The van der Waals surface area contributed by atoms with Crippen molar-refractivity contribution < 1.29 is 14.3 Å². The van der Waals surface area contributed by atoms with Gasteiger partial charge in [0.1, 0.15) is 5.75 Å². The molecule has 0 aliphatic heterocycles. The molecule has 0 aliphatic carbocycles. The Labute approximate surface area is 128 Å². The zero-order valence-electron chi connectivity index (χ0n) is 11.8. The lowest BCUT2D eigenvalue weighted by Crippen LogP contribution is -2.11. The highest BCUT2D eigenvalue weighted by Gasteiger charge is 2.10. The molecular formula is C18H15NO3. The summed E-state index contributed by atoms with van der Waals surface area (Å²) in [6.45, 7) is 0. The van der Waals surface area contributed by atoms with E-state index in [4.69, 9.17) is 4.42 Å². The molecule has 1 aromatic heterocycles. The second kappa shape index (κ2) is 6.18. The molecule has 22 heavy (non-hydrogen) atoms. The Morgan fingerprint density at radius 1 is 1.00 bits per heavy atom. The Balaban J connectivity index is 1.79. The van der Waals surface area contributed by atoms with Crippen LogP contribution in [0.25, 0.3) is 0 Å². The van der Waals surface area contributed by atoms with Gasteiger partial charge in [0.05, 0.1) is 6.26 Å². The van der Waals surface area contributed by atoms with E-state index in [-0.39, 0.29) is 17.4 Å². The van der Waals surface area contributed by atoms with Crippen molar-refractivity contribution in [3.05, 3.63) is 83.8 Å². The largest absolute Gasteiger partial charge is 0.508 e. The molecule has 0 saturated carbocycles. The van der Waals surface area contributed by atoms with Crippen molar-refractivity contribution in [2.75, 3.05) is 5.32 Å². The van der Waals surface area contributed by atoms with Crippen molar-refractivity contribution in [2.24, 2.45) is 0 Å². The number of phenolic OH excluding ortho intramolecular Hbond substituents is 1. The Bertz CT molecular complexity index is 764. The SMILES string of the molecule is O=C(Nc1cc(O)cc(Cc2ccccc2)c1)c1ccco1. The van der Waals surface area contributed by atoms with Crippen LogP contribution in [0.3, 0.4) is 0 Å². The number of carbonyl (C=O) groups excluding carboxylic acids is 1. The summed E-state index contributed by atoms with van der Waals surface area (Å²) in [5.41, 5.74) is 2.59. The van der Waals surface area contributed by atoms with Crippen LogP contribution in [0.4, 0.5) is 5.69 Å². The molecular weight excluding hydrogens is 278 g/mol. The second-order valence-corrected chi connectivity index (χ2v) is 4.98. The van der Waals surface area contributed by atoms with E-state index in [1.165, 1.54) is 12.3 Å². The van der Waals surface area contributed by atoms with Crippen LogP contribution in [0.2, 0.25) is 0 Å². The van der Waals surface area contributed by atoms with Gasteiger partial charge >= 0.3 is 0 Å². The Morgan fingerprint density at radius 3 is 2.55 bits per heavy atom. The van der Waals surface area contributed by atoms with Gasteiger partial charge in [-0.3, -0.25) is 4.79 Å². The summed E-state index contributed by atoms with van der Waals surface area (Å²) in [6.07, 6.45) is 2.12. The van der Waals surface area contributed by atoms with E-state index in [9.17, 15) is 9.90 Å². The molecule has 2 aromatic carbocycles.